The van der Waals surface area contributed by atoms with Crippen LogP contribution in [0.15, 0.2) is 52.3 Å². The third-order valence-electron chi connectivity index (χ3n) is 4.07. The molecule has 2 aromatic carbocycles. The zero-order valence-electron chi connectivity index (χ0n) is 11.4. The Bertz CT molecular complexity index is 641. The number of rotatable bonds is 1. The molecule has 0 N–H and O–H groups in total. The van der Waals surface area contributed by atoms with Gasteiger partial charge in [0, 0.05) is 9.79 Å². The van der Waals surface area contributed by atoms with Gasteiger partial charge in [0.05, 0.1) is 11.2 Å². The Morgan fingerprint density at radius 3 is 2.50 bits per heavy atom. The van der Waals surface area contributed by atoms with E-state index >= 15 is 0 Å². The standard InChI is InChI=1S/C17H16OS2/c1-18-13-8-9-14-12(11-13)5-4-10-17(14)19-15-6-2-3-7-16(15)20-17/h2-3,6-9,11H,4-5,10H2,1H3. The molecule has 0 radical (unpaired) electrons. The van der Waals surface area contributed by atoms with Crippen LogP contribution in [-0.2, 0) is 10.5 Å². The Kier molecular flexibility index (Phi) is 3.00. The molecule has 0 saturated carbocycles. The van der Waals surface area contributed by atoms with Crippen LogP contribution < -0.4 is 4.74 Å². The molecule has 3 heteroatoms. The van der Waals surface area contributed by atoms with E-state index in [4.69, 9.17) is 4.74 Å². The highest BCUT2D eigenvalue weighted by atomic mass is 32.2. The van der Waals surface area contributed by atoms with Crippen molar-refractivity contribution >= 4 is 23.5 Å². The number of ether oxygens (including phenoxy) is 1. The van der Waals surface area contributed by atoms with Crippen LogP contribution in [0.4, 0.5) is 0 Å². The van der Waals surface area contributed by atoms with Crippen molar-refractivity contribution in [3.63, 3.8) is 0 Å². The van der Waals surface area contributed by atoms with Crippen molar-refractivity contribution in [1.82, 2.24) is 0 Å². The van der Waals surface area contributed by atoms with E-state index in [0.717, 1.165) is 5.75 Å². The van der Waals surface area contributed by atoms with Gasteiger partial charge in [0.2, 0.25) is 0 Å². The second-order valence-corrected chi connectivity index (χ2v) is 8.22. The molecule has 0 atom stereocenters. The number of fused-ring (bicyclic) bond motifs is 3. The van der Waals surface area contributed by atoms with Gasteiger partial charge in [-0.25, -0.2) is 0 Å². The van der Waals surface area contributed by atoms with Gasteiger partial charge < -0.3 is 4.74 Å². The first-order valence-corrected chi connectivity index (χ1v) is 8.58. The molecule has 0 amide bonds. The lowest BCUT2D eigenvalue weighted by Crippen LogP contribution is -2.21. The molecule has 0 aromatic heterocycles. The Hall–Kier alpha value is -1.06. The number of methoxy groups -OCH3 is 1. The van der Waals surface area contributed by atoms with E-state index in [9.17, 15) is 0 Å². The summed E-state index contributed by atoms with van der Waals surface area (Å²) >= 11 is 4.08. The molecule has 1 spiro atoms. The van der Waals surface area contributed by atoms with Gasteiger partial charge >= 0.3 is 0 Å². The summed E-state index contributed by atoms with van der Waals surface area (Å²) in [6, 6.07) is 15.4. The molecule has 20 heavy (non-hydrogen) atoms. The molecular weight excluding hydrogens is 284 g/mol. The van der Waals surface area contributed by atoms with E-state index in [2.05, 4.69) is 42.5 Å². The topological polar surface area (TPSA) is 9.23 Å². The number of hydrogen-bond acceptors (Lipinski definition) is 3. The Labute approximate surface area is 128 Å². The molecule has 1 aliphatic heterocycles. The van der Waals surface area contributed by atoms with Gasteiger partial charge in [-0.1, -0.05) is 18.2 Å². The van der Waals surface area contributed by atoms with Crippen LogP contribution in [0.1, 0.15) is 24.0 Å². The summed E-state index contributed by atoms with van der Waals surface area (Å²) < 4.78 is 5.56. The van der Waals surface area contributed by atoms with Crippen molar-refractivity contribution in [2.45, 2.75) is 33.1 Å². The fraction of sp³-hybridized carbons (Fsp3) is 0.294. The van der Waals surface area contributed by atoms with E-state index in [1.54, 1.807) is 7.11 Å². The van der Waals surface area contributed by atoms with Crippen LogP contribution in [0.3, 0.4) is 0 Å². The smallest absolute Gasteiger partial charge is 0.119 e. The lowest BCUT2D eigenvalue weighted by atomic mass is 9.90. The molecule has 0 fully saturated rings. The highest BCUT2D eigenvalue weighted by Gasteiger charge is 2.43. The van der Waals surface area contributed by atoms with Gasteiger partial charge in [-0.05, 0) is 54.7 Å². The van der Waals surface area contributed by atoms with Crippen LogP contribution in [0.2, 0.25) is 0 Å². The van der Waals surface area contributed by atoms with Gasteiger partial charge in [-0.15, -0.1) is 23.5 Å². The summed E-state index contributed by atoms with van der Waals surface area (Å²) in [5, 5.41) is 0. The van der Waals surface area contributed by atoms with E-state index in [0.29, 0.717) is 0 Å². The molecule has 4 rings (SSSR count). The first kappa shape index (κ1) is 12.7. The first-order chi connectivity index (χ1) is 9.81. The van der Waals surface area contributed by atoms with Crippen LogP contribution >= 0.6 is 23.5 Å². The Morgan fingerprint density at radius 1 is 1.05 bits per heavy atom. The first-order valence-electron chi connectivity index (χ1n) is 6.95. The number of benzene rings is 2. The molecule has 102 valence electrons. The van der Waals surface area contributed by atoms with Gasteiger partial charge in [0.25, 0.3) is 0 Å². The molecular formula is C17H16OS2. The van der Waals surface area contributed by atoms with Crippen LogP contribution in [-0.4, -0.2) is 7.11 Å². The van der Waals surface area contributed by atoms with Crippen molar-refractivity contribution in [2.75, 3.05) is 7.11 Å². The molecule has 0 saturated heterocycles. The maximum absolute atomic E-state index is 5.38. The normalized spacial score (nSPS) is 18.6. The quantitative estimate of drug-likeness (QED) is 0.726. The van der Waals surface area contributed by atoms with Gasteiger partial charge in [0.15, 0.2) is 0 Å². The SMILES string of the molecule is COc1ccc2c(c1)CCCC21Sc2ccccc2S1. The molecule has 0 bridgehead atoms. The average molecular weight is 300 g/mol. The second kappa shape index (κ2) is 4.74. The van der Waals surface area contributed by atoms with Crippen molar-refractivity contribution < 1.29 is 4.74 Å². The van der Waals surface area contributed by atoms with Crippen molar-refractivity contribution in [3.05, 3.63) is 53.6 Å². The van der Waals surface area contributed by atoms with Gasteiger partial charge in [0.1, 0.15) is 5.75 Å². The minimum absolute atomic E-state index is 0.184. The predicted octanol–water partition coefficient (Wildman–Crippen LogP) is 5.08. The summed E-state index contributed by atoms with van der Waals surface area (Å²) in [6.45, 7) is 0. The maximum Gasteiger partial charge on any atom is 0.119 e. The van der Waals surface area contributed by atoms with Gasteiger partial charge in [-0.2, -0.15) is 0 Å². The third-order valence-corrected chi connectivity index (χ3v) is 7.36. The monoisotopic (exact) mass is 300 g/mol. The van der Waals surface area contributed by atoms with E-state index in [1.807, 2.05) is 23.5 Å². The minimum Gasteiger partial charge on any atom is -0.497 e. The van der Waals surface area contributed by atoms with E-state index < -0.39 is 0 Å². The fourth-order valence-electron chi connectivity index (χ4n) is 3.13. The molecule has 0 unspecified atom stereocenters. The third kappa shape index (κ3) is 1.87. The Balaban J connectivity index is 1.80. The van der Waals surface area contributed by atoms with Crippen LogP contribution in [0, 0.1) is 0 Å². The fourth-order valence-corrected chi connectivity index (χ4v) is 6.54. The molecule has 1 aliphatic carbocycles. The highest BCUT2D eigenvalue weighted by Crippen LogP contribution is 2.65. The average Bonchev–Trinajstić information content (AvgIpc) is 2.85. The summed E-state index contributed by atoms with van der Waals surface area (Å²) in [4.78, 5) is 2.86. The molecule has 2 aliphatic rings. The van der Waals surface area contributed by atoms with E-state index in [-0.39, 0.29) is 4.08 Å². The minimum atomic E-state index is 0.184. The number of hydrogen-bond donors (Lipinski definition) is 0. The van der Waals surface area contributed by atoms with Crippen molar-refractivity contribution in [1.29, 1.82) is 0 Å². The maximum atomic E-state index is 5.38. The zero-order chi connectivity index (χ0) is 13.6. The number of thioether (sulfide) groups is 2. The Morgan fingerprint density at radius 2 is 1.80 bits per heavy atom. The van der Waals surface area contributed by atoms with Gasteiger partial charge in [-0.3, -0.25) is 0 Å². The second-order valence-electron chi connectivity index (χ2n) is 5.28. The lowest BCUT2D eigenvalue weighted by Gasteiger charge is -2.34. The predicted molar refractivity (Wildman–Crippen MR) is 85.8 cm³/mol. The summed E-state index contributed by atoms with van der Waals surface area (Å²) in [5.41, 5.74) is 2.96. The zero-order valence-corrected chi connectivity index (χ0v) is 13.0. The van der Waals surface area contributed by atoms with Crippen molar-refractivity contribution in [2.24, 2.45) is 0 Å². The largest absolute Gasteiger partial charge is 0.497 e. The molecule has 1 nitrogen and oxygen atoms in total. The van der Waals surface area contributed by atoms with E-state index in [1.165, 1.54) is 40.2 Å². The lowest BCUT2D eigenvalue weighted by molar-refractivity contribution is 0.413. The summed E-state index contributed by atoms with van der Waals surface area (Å²) in [5.74, 6) is 0.978. The number of aryl methyl sites for hydroxylation is 1. The van der Waals surface area contributed by atoms with Crippen LogP contribution in [0.25, 0.3) is 0 Å². The van der Waals surface area contributed by atoms with Crippen LogP contribution in [0.5, 0.6) is 5.75 Å². The molecule has 2 aromatic rings. The summed E-state index contributed by atoms with van der Waals surface area (Å²) in [7, 11) is 1.75. The molecule has 1 heterocycles. The summed E-state index contributed by atoms with van der Waals surface area (Å²) in [6.07, 6.45) is 3.68. The van der Waals surface area contributed by atoms with Crippen molar-refractivity contribution in [3.8, 4) is 5.75 Å². The highest BCUT2D eigenvalue weighted by molar-refractivity contribution is 8.20.